The van der Waals surface area contributed by atoms with Crippen LogP contribution < -0.4 is 15.4 Å². The lowest BCUT2D eigenvalue weighted by molar-refractivity contribution is -0.125. The Labute approximate surface area is 138 Å². The number of benzene rings is 1. The lowest BCUT2D eigenvalue weighted by atomic mass is 9.92. The van der Waals surface area contributed by atoms with Gasteiger partial charge in [-0.1, -0.05) is 30.3 Å². The topological polar surface area (TPSA) is 87.3 Å². The SMILES string of the molecule is C[C@H]1C[C@@H](C(=O)NCCS(=O)(=O)NCc2ccccc2)CCN1. The van der Waals surface area contributed by atoms with Gasteiger partial charge in [-0.3, -0.25) is 4.79 Å². The molecule has 0 aromatic heterocycles. The molecule has 7 heteroatoms. The van der Waals surface area contributed by atoms with E-state index in [1.165, 1.54) is 0 Å². The van der Waals surface area contributed by atoms with Crippen LogP contribution in [0, 0.1) is 5.92 Å². The highest BCUT2D eigenvalue weighted by Crippen LogP contribution is 2.15. The van der Waals surface area contributed by atoms with Crippen LogP contribution in [0.4, 0.5) is 0 Å². The summed E-state index contributed by atoms with van der Waals surface area (Å²) in [6.45, 7) is 3.29. The molecule has 2 rings (SSSR count). The maximum absolute atomic E-state index is 12.1. The van der Waals surface area contributed by atoms with E-state index in [9.17, 15) is 13.2 Å². The van der Waals surface area contributed by atoms with Gasteiger partial charge in [-0.05, 0) is 31.9 Å². The Morgan fingerprint density at radius 3 is 2.74 bits per heavy atom. The molecule has 0 bridgehead atoms. The second-order valence-electron chi connectivity index (χ2n) is 5.99. The van der Waals surface area contributed by atoms with E-state index in [1.54, 1.807) is 0 Å². The molecule has 1 aliphatic heterocycles. The maximum atomic E-state index is 12.1. The summed E-state index contributed by atoms with van der Waals surface area (Å²) in [5.74, 6) is -0.172. The third-order valence-corrected chi connectivity index (χ3v) is 5.33. The fourth-order valence-electron chi connectivity index (χ4n) is 2.68. The lowest BCUT2D eigenvalue weighted by Gasteiger charge is -2.27. The van der Waals surface area contributed by atoms with Crippen LogP contribution in [0.5, 0.6) is 0 Å². The number of sulfonamides is 1. The molecule has 1 aromatic rings. The number of carbonyl (C=O) groups excluding carboxylic acids is 1. The van der Waals surface area contributed by atoms with Crippen LogP contribution in [-0.2, 0) is 21.4 Å². The van der Waals surface area contributed by atoms with E-state index < -0.39 is 10.0 Å². The van der Waals surface area contributed by atoms with E-state index in [0.717, 1.165) is 24.9 Å². The zero-order chi connectivity index (χ0) is 16.7. The van der Waals surface area contributed by atoms with Crippen molar-refractivity contribution in [3.63, 3.8) is 0 Å². The molecule has 1 aromatic carbocycles. The van der Waals surface area contributed by atoms with Crippen molar-refractivity contribution >= 4 is 15.9 Å². The van der Waals surface area contributed by atoms with E-state index in [-0.39, 0.29) is 30.7 Å². The Morgan fingerprint density at radius 2 is 2.04 bits per heavy atom. The quantitative estimate of drug-likeness (QED) is 0.679. The fourth-order valence-corrected chi connectivity index (χ4v) is 3.59. The fraction of sp³-hybridized carbons (Fsp3) is 0.562. The lowest BCUT2D eigenvalue weighted by Crippen LogP contribution is -2.43. The van der Waals surface area contributed by atoms with Gasteiger partial charge in [0.1, 0.15) is 0 Å². The highest BCUT2D eigenvalue weighted by molar-refractivity contribution is 7.89. The predicted molar refractivity (Wildman–Crippen MR) is 90.3 cm³/mol. The van der Waals surface area contributed by atoms with Crippen molar-refractivity contribution in [1.82, 2.24) is 15.4 Å². The van der Waals surface area contributed by atoms with Gasteiger partial charge in [0.05, 0.1) is 5.75 Å². The molecule has 1 amide bonds. The van der Waals surface area contributed by atoms with Gasteiger partial charge in [-0.25, -0.2) is 13.1 Å². The zero-order valence-corrected chi connectivity index (χ0v) is 14.2. The summed E-state index contributed by atoms with van der Waals surface area (Å²) < 4.78 is 26.4. The first kappa shape index (κ1) is 17.9. The average Bonchev–Trinajstić information content (AvgIpc) is 2.54. The molecule has 128 valence electrons. The van der Waals surface area contributed by atoms with E-state index in [0.29, 0.717) is 6.04 Å². The van der Waals surface area contributed by atoms with Gasteiger partial charge < -0.3 is 10.6 Å². The first-order chi connectivity index (χ1) is 11.0. The van der Waals surface area contributed by atoms with Crippen molar-refractivity contribution in [2.45, 2.75) is 32.4 Å². The summed E-state index contributed by atoms with van der Waals surface area (Å²) in [6.07, 6.45) is 1.60. The van der Waals surface area contributed by atoms with Gasteiger partial charge in [0.15, 0.2) is 0 Å². The molecule has 0 radical (unpaired) electrons. The molecule has 0 spiro atoms. The summed E-state index contributed by atoms with van der Waals surface area (Å²) in [4.78, 5) is 12.1. The van der Waals surface area contributed by atoms with E-state index >= 15 is 0 Å². The number of hydrogen-bond acceptors (Lipinski definition) is 4. The van der Waals surface area contributed by atoms with Gasteiger partial charge >= 0.3 is 0 Å². The van der Waals surface area contributed by atoms with Crippen molar-refractivity contribution in [1.29, 1.82) is 0 Å². The van der Waals surface area contributed by atoms with Gasteiger partial charge in [0.2, 0.25) is 15.9 Å². The average molecular weight is 339 g/mol. The highest BCUT2D eigenvalue weighted by atomic mass is 32.2. The van der Waals surface area contributed by atoms with Crippen molar-refractivity contribution in [2.24, 2.45) is 5.92 Å². The van der Waals surface area contributed by atoms with Crippen molar-refractivity contribution in [3.8, 4) is 0 Å². The third kappa shape index (κ3) is 6.29. The monoisotopic (exact) mass is 339 g/mol. The molecule has 0 aliphatic carbocycles. The first-order valence-electron chi connectivity index (χ1n) is 7.98. The molecule has 1 fully saturated rings. The molecule has 0 saturated carbocycles. The van der Waals surface area contributed by atoms with Crippen LogP contribution in [0.15, 0.2) is 30.3 Å². The molecule has 6 nitrogen and oxygen atoms in total. The standard InChI is InChI=1S/C16H25N3O3S/c1-13-11-15(7-8-17-13)16(20)18-9-10-23(21,22)19-12-14-5-3-2-4-6-14/h2-6,13,15,17,19H,7-12H2,1H3,(H,18,20)/t13-,15-/m0/s1. The Hall–Kier alpha value is -1.44. The van der Waals surface area contributed by atoms with Crippen molar-refractivity contribution < 1.29 is 13.2 Å². The predicted octanol–water partition coefficient (Wildman–Crippen LogP) is 0.610. The van der Waals surface area contributed by atoms with Gasteiger partial charge in [-0.2, -0.15) is 0 Å². The Bertz CT molecular complexity index is 604. The smallest absolute Gasteiger partial charge is 0.223 e. The third-order valence-electron chi connectivity index (χ3n) is 4.00. The molecular formula is C16H25N3O3S. The van der Waals surface area contributed by atoms with Crippen molar-refractivity contribution in [3.05, 3.63) is 35.9 Å². The van der Waals surface area contributed by atoms with Crippen LogP contribution in [0.25, 0.3) is 0 Å². The Morgan fingerprint density at radius 1 is 1.30 bits per heavy atom. The van der Waals surface area contributed by atoms with E-state index in [2.05, 4.69) is 22.3 Å². The number of piperidine rings is 1. The van der Waals surface area contributed by atoms with Crippen LogP contribution in [0.1, 0.15) is 25.3 Å². The van der Waals surface area contributed by atoms with Crippen LogP contribution in [0.2, 0.25) is 0 Å². The molecule has 2 atom stereocenters. The summed E-state index contributed by atoms with van der Waals surface area (Å²) in [5, 5.41) is 6.03. The number of nitrogens with one attached hydrogen (secondary N) is 3. The van der Waals surface area contributed by atoms with Crippen LogP contribution in [0.3, 0.4) is 0 Å². The highest BCUT2D eigenvalue weighted by Gasteiger charge is 2.24. The summed E-state index contributed by atoms with van der Waals surface area (Å²) in [5.41, 5.74) is 0.906. The van der Waals surface area contributed by atoms with Crippen LogP contribution >= 0.6 is 0 Å². The number of rotatable bonds is 7. The molecule has 1 aliphatic rings. The molecule has 1 heterocycles. The molecule has 3 N–H and O–H groups in total. The normalized spacial score (nSPS) is 21.8. The Balaban J connectivity index is 1.70. The summed E-state index contributed by atoms with van der Waals surface area (Å²) in [7, 11) is -3.39. The largest absolute Gasteiger partial charge is 0.355 e. The summed E-state index contributed by atoms with van der Waals surface area (Å²) >= 11 is 0. The molecular weight excluding hydrogens is 314 g/mol. The summed E-state index contributed by atoms with van der Waals surface area (Å²) in [6, 6.07) is 9.67. The van der Waals surface area contributed by atoms with E-state index in [4.69, 9.17) is 0 Å². The van der Waals surface area contributed by atoms with Gasteiger partial charge in [-0.15, -0.1) is 0 Å². The van der Waals surface area contributed by atoms with Gasteiger partial charge in [0.25, 0.3) is 0 Å². The zero-order valence-electron chi connectivity index (χ0n) is 13.4. The first-order valence-corrected chi connectivity index (χ1v) is 9.64. The minimum absolute atomic E-state index is 0.0220. The minimum Gasteiger partial charge on any atom is -0.355 e. The molecule has 0 unspecified atom stereocenters. The molecule has 1 saturated heterocycles. The number of amides is 1. The number of carbonyl (C=O) groups is 1. The van der Waals surface area contributed by atoms with Crippen molar-refractivity contribution in [2.75, 3.05) is 18.8 Å². The second kappa shape index (κ2) is 8.42. The maximum Gasteiger partial charge on any atom is 0.223 e. The van der Waals surface area contributed by atoms with E-state index in [1.807, 2.05) is 30.3 Å². The Kier molecular flexibility index (Phi) is 6.56. The van der Waals surface area contributed by atoms with Crippen LogP contribution in [-0.4, -0.2) is 39.2 Å². The minimum atomic E-state index is -3.39. The van der Waals surface area contributed by atoms with Gasteiger partial charge in [0, 0.05) is 25.0 Å². The number of hydrogen-bond donors (Lipinski definition) is 3. The molecule has 23 heavy (non-hydrogen) atoms. The second-order valence-corrected chi connectivity index (χ2v) is 7.92.